The second-order valence-corrected chi connectivity index (χ2v) is 5.30. The van der Waals surface area contributed by atoms with E-state index in [4.69, 9.17) is 0 Å². The Morgan fingerprint density at radius 3 is 2.50 bits per heavy atom. The summed E-state index contributed by atoms with van der Waals surface area (Å²) in [6.07, 6.45) is 2.54. The molecule has 0 fully saturated rings. The van der Waals surface area contributed by atoms with Crippen LogP contribution >= 0.6 is 9.24 Å². The zero-order valence-corrected chi connectivity index (χ0v) is 12.2. The number of hydrogen-bond acceptors (Lipinski definition) is 3. The molecule has 4 heteroatoms. The Labute approximate surface area is 111 Å². The van der Waals surface area contributed by atoms with Gasteiger partial charge in [0.25, 0.3) is 0 Å². The number of hydrogen-bond donors (Lipinski definition) is 2. The van der Waals surface area contributed by atoms with Crippen molar-refractivity contribution in [2.24, 2.45) is 5.92 Å². The molecule has 3 nitrogen and oxygen atoms in total. The average Bonchev–Trinajstić information content (AvgIpc) is 2.39. The van der Waals surface area contributed by atoms with Gasteiger partial charge in [-0.15, -0.1) is 9.24 Å². The van der Waals surface area contributed by atoms with E-state index in [9.17, 15) is 10.0 Å². The van der Waals surface area contributed by atoms with E-state index >= 15 is 0 Å². The van der Waals surface area contributed by atoms with Crippen LogP contribution in [0, 0.1) is 5.92 Å². The summed E-state index contributed by atoms with van der Waals surface area (Å²) in [4.78, 5) is 11.7. The number of carbonyl (C=O) groups is 1. The van der Waals surface area contributed by atoms with Crippen molar-refractivity contribution in [2.75, 3.05) is 6.16 Å². The summed E-state index contributed by atoms with van der Waals surface area (Å²) >= 11 is 0. The van der Waals surface area contributed by atoms with Crippen LogP contribution in [0.5, 0.6) is 0 Å². The van der Waals surface area contributed by atoms with Gasteiger partial charge >= 0.3 is 0 Å². The van der Waals surface area contributed by atoms with Crippen LogP contribution in [-0.2, 0) is 11.2 Å². The minimum atomic E-state index is -0.865. The zero-order valence-electron chi connectivity index (χ0n) is 11.0. The number of rotatable bonds is 7. The van der Waals surface area contributed by atoms with Crippen LogP contribution in [0.25, 0.3) is 0 Å². The number of hydroxylamine groups is 1. The molecule has 0 spiro atoms. The standard InChI is InChI=1S/C14H22NO2P/c1-11(16)14(2,15-17)13(10-18)9-8-12-6-4-3-5-7-12/h3-7,13,15,17H,8-10,18H2,1-2H3. The normalized spacial score (nSPS) is 16.0. The Morgan fingerprint density at radius 2 is 2.06 bits per heavy atom. The minimum Gasteiger partial charge on any atom is -0.316 e. The van der Waals surface area contributed by atoms with Crippen molar-refractivity contribution < 1.29 is 10.0 Å². The number of carbonyl (C=O) groups excluding carboxylic acids is 1. The highest BCUT2D eigenvalue weighted by Gasteiger charge is 2.37. The van der Waals surface area contributed by atoms with Gasteiger partial charge in [-0.25, -0.2) is 0 Å². The molecule has 0 aromatic heterocycles. The molecule has 0 saturated carbocycles. The molecule has 0 saturated heterocycles. The highest BCUT2D eigenvalue weighted by Crippen LogP contribution is 2.25. The third-order valence-electron chi connectivity index (χ3n) is 3.69. The van der Waals surface area contributed by atoms with Crippen LogP contribution in [-0.4, -0.2) is 22.7 Å². The molecule has 1 aromatic rings. The van der Waals surface area contributed by atoms with Crippen LogP contribution in [0.3, 0.4) is 0 Å². The van der Waals surface area contributed by atoms with Gasteiger partial charge in [-0.1, -0.05) is 30.3 Å². The molecule has 0 aliphatic heterocycles. The summed E-state index contributed by atoms with van der Waals surface area (Å²) in [6, 6.07) is 10.2. The summed E-state index contributed by atoms with van der Waals surface area (Å²) < 4.78 is 0. The van der Waals surface area contributed by atoms with Crippen molar-refractivity contribution in [1.29, 1.82) is 0 Å². The van der Waals surface area contributed by atoms with Crippen molar-refractivity contribution >= 4 is 15.0 Å². The maximum Gasteiger partial charge on any atom is 0.152 e. The fourth-order valence-corrected chi connectivity index (χ4v) is 2.79. The zero-order chi connectivity index (χ0) is 13.6. The van der Waals surface area contributed by atoms with E-state index in [-0.39, 0.29) is 11.7 Å². The first-order valence-electron chi connectivity index (χ1n) is 6.21. The summed E-state index contributed by atoms with van der Waals surface area (Å²) in [7, 11) is 2.66. The van der Waals surface area contributed by atoms with E-state index in [0.717, 1.165) is 19.0 Å². The summed E-state index contributed by atoms with van der Waals surface area (Å²) in [5.41, 5.74) is 2.59. The molecule has 0 aliphatic rings. The van der Waals surface area contributed by atoms with Crippen molar-refractivity contribution in [1.82, 2.24) is 5.48 Å². The van der Waals surface area contributed by atoms with Crippen LogP contribution in [0.2, 0.25) is 0 Å². The average molecular weight is 267 g/mol. The van der Waals surface area contributed by atoms with E-state index < -0.39 is 5.54 Å². The van der Waals surface area contributed by atoms with E-state index in [1.54, 1.807) is 6.92 Å². The number of ketones is 1. The van der Waals surface area contributed by atoms with Crippen LogP contribution in [0.1, 0.15) is 25.8 Å². The smallest absolute Gasteiger partial charge is 0.152 e. The quantitative estimate of drug-likeness (QED) is 0.589. The van der Waals surface area contributed by atoms with Gasteiger partial charge in [0.15, 0.2) is 5.78 Å². The molecule has 1 aromatic carbocycles. The van der Waals surface area contributed by atoms with E-state index in [0.29, 0.717) is 0 Å². The van der Waals surface area contributed by atoms with Gasteiger partial charge in [-0.3, -0.25) is 4.79 Å². The lowest BCUT2D eigenvalue weighted by Crippen LogP contribution is -2.53. The lowest BCUT2D eigenvalue weighted by Gasteiger charge is -2.33. The van der Waals surface area contributed by atoms with E-state index in [1.165, 1.54) is 12.5 Å². The topological polar surface area (TPSA) is 49.3 Å². The van der Waals surface area contributed by atoms with Crippen LogP contribution in [0.4, 0.5) is 0 Å². The molecule has 2 N–H and O–H groups in total. The number of Topliss-reactive ketones (excluding diaryl/α,β-unsaturated/α-hetero) is 1. The third kappa shape index (κ3) is 3.61. The molecule has 3 atom stereocenters. The van der Waals surface area contributed by atoms with Crippen molar-refractivity contribution in [3.05, 3.63) is 35.9 Å². The molecule has 100 valence electrons. The maximum absolute atomic E-state index is 11.7. The van der Waals surface area contributed by atoms with E-state index in [1.807, 2.05) is 18.2 Å². The van der Waals surface area contributed by atoms with Gasteiger partial charge in [-0.2, -0.15) is 5.48 Å². The Morgan fingerprint density at radius 1 is 1.44 bits per heavy atom. The first-order chi connectivity index (χ1) is 8.54. The van der Waals surface area contributed by atoms with Gasteiger partial charge < -0.3 is 5.21 Å². The molecule has 0 radical (unpaired) electrons. The second-order valence-electron chi connectivity index (χ2n) is 4.83. The lowest BCUT2D eigenvalue weighted by atomic mass is 9.80. The van der Waals surface area contributed by atoms with Gasteiger partial charge in [0.2, 0.25) is 0 Å². The highest BCUT2D eigenvalue weighted by molar-refractivity contribution is 7.16. The fraction of sp³-hybridized carbons (Fsp3) is 0.500. The fourth-order valence-electron chi connectivity index (χ4n) is 2.09. The Hall–Kier alpha value is -0.760. The summed E-state index contributed by atoms with van der Waals surface area (Å²) in [5.74, 6) is 0.0516. The Balaban J connectivity index is 2.70. The summed E-state index contributed by atoms with van der Waals surface area (Å²) in [6.45, 7) is 3.27. The largest absolute Gasteiger partial charge is 0.316 e. The monoisotopic (exact) mass is 267 g/mol. The number of benzene rings is 1. The summed E-state index contributed by atoms with van der Waals surface area (Å²) in [5, 5.41) is 9.27. The van der Waals surface area contributed by atoms with Gasteiger partial charge in [0, 0.05) is 0 Å². The number of nitrogens with one attached hydrogen (secondary N) is 1. The van der Waals surface area contributed by atoms with Crippen molar-refractivity contribution in [3.63, 3.8) is 0 Å². The second kappa shape index (κ2) is 6.98. The van der Waals surface area contributed by atoms with Crippen molar-refractivity contribution in [3.8, 4) is 0 Å². The molecular weight excluding hydrogens is 245 g/mol. The predicted octanol–water partition coefficient (Wildman–Crippen LogP) is 2.44. The lowest BCUT2D eigenvalue weighted by molar-refractivity contribution is -0.129. The first-order valence-corrected chi connectivity index (χ1v) is 7.02. The van der Waals surface area contributed by atoms with Crippen molar-refractivity contribution in [2.45, 2.75) is 32.2 Å². The van der Waals surface area contributed by atoms with Gasteiger partial charge in [-0.05, 0) is 44.3 Å². The first kappa shape index (κ1) is 15.3. The Kier molecular flexibility index (Phi) is 5.94. The molecule has 3 unspecified atom stereocenters. The highest BCUT2D eigenvalue weighted by atomic mass is 31.0. The van der Waals surface area contributed by atoms with E-state index in [2.05, 4.69) is 26.9 Å². The Bertz CT molecular complexity index is 383. The molecule has 1 rings (SSSR count). The molecule has 0 heterocycles. The van der Waals surface area contributed by atoms with Gasteiger partial charge in [0.05, 0.1) is 0 Å². The maximum atomic E-state index is 11.7. The molecule has 0 amide bonds. The minimum absolute atomic E-state index is 0.0366. The number of aryl methyl sites for hydroxylation is 1. The van der Waals surface area contributed by atoms with Crippen LogP contribution in [0.15, 0.2) is 30.3 Å². The molecule has 0 bridgehead atoms. The molecule has 0 aliphatic carbocycles. The molecular formula is C14H22NO2P. The molecule has 18 heavy (non-hydrogen) atoms. The third-order valence-corrected chi connectivity index (χ3v) is 4.26. The van der Waals surface area contributed by atoms with Gasteiger partial charge in [0.1, 0.15) is 5.54 Å². The van der Waals surface area contributed by atoms with Crippen LogP contribution < -0.4 is 5.48 Å². The SMILES string of the molecule is CC(=O)C(C)(NO)C(CP)CCc1ccccc1. The predicted molar refractivity (Wildman–Crippen MR) is 76.8 cm³/mol.